The molecule has 0 aliphatic carbocycles. The number of aryl methyl sites for hydroxylation is 2. The molecular weight excluding hydrogens is 325 g/mol. The predicted octanol–water partition coefficient (Wildman–Crippen LogP) is 2.99. The van der Waals surface area contributed by atoms with Gasteiger partial charge in [-0.25, -0.2) is 9.37 Å². The van der Waals surface area contributed by atoms with Gasteiger partial charge in [-0.1, -0.05) is 17.3 Å². The lowest BCUT2D eigenvalue weighted by atomic mass is 10.2. The second-order valence-electron chi connectivity index (χ2n) is 5.71. The average molecular weight is 343 g/mol. The Balaban J connectivity index is 1.59. The molecule has 130 valence electrons. The van der Waals surface area contributed by atoms with E-state index in [0.29, 0.717) is 24.4 Å². The van der Waals surface area contributed by atoms with Crippen molar-refractivity contribution in [2.24, 2.45) is 0 Å². The first-order valence-corrected chi connectivity index (χ1v) is 7.93. The maximum atomic E-state index is 13.8. The Morgan fingerprint density at radius 1 is 1.28 bits per heavy atom. The predicted molar refractivity (Wildman–Crippen MR) is 88.3 cm³/mol. The van der Waals surface area contributed by atoms with Crippen molar-refractivity contribution in [2.75, 3.05) is 6.54 Å². The molecule has 7 heteroatoms. The van der Waals surface area contributed by atoms with E-state index in [-0.39, 0.29) is 23.8 Å². The smallest absolute Gasteiger partial charge is 0.229 e. The maximum absolute atomic E-state index is 13.8. The number of hydrogen-bond acceptors (Lipinski definition) is 5. The van der Waals surface area contributed by atoms with E-state index in [4.69, 9.17) is 8.94 Å². The molecular formula is C18H18FN3O3. The third-order valence-corrected chi connectivity index (χ3v) is 3.71. The number of rotatable bonds is 6. The molecule has 0 atom stereocenters. The van der Waals surface area contributed by atoms with Gasteiger partial charge in [-0.05, 0) is 26.0 Å². The summed E-state index contributed by atoms with van der Waals surface area (Å²) in [5.41, 5.74) is 1.56. The van der Waals surface area contributed by atoms with Crippen LogP contribution < -0.4 is 5.32 Å². The molecule has 0 saturated carbocycles. The minimum absolute atomic E-state index is 0.0711. The van der Waals surface area contributed by atoms with Crippen molar-refractivity contribution in [3.63, 3.8) is 0 Å². The number of amides is 1. The molecule has 0 bridgehead atoms. The molecule has 1 aromatic carbocycles. The summed E-state index contributed by atoms with van der Waals surface area (Å²) in [5, 5.41) is 6.67. The Labute approximate surface area is 144 Å². The van der Waals surface area contributed by atoms with Crippen molar-refractivity contribution in [3.05, 3.63) is 59.1 Å². The van der Waals surface area contributed by atoms with Gasteiger partial charge in [0.25, 0.3) is 0 Å². The second-order valence-corrected chi connectivity index (χ2v) is 5.71. The van der Waals surface area contributed by atoms with Gasteiger partial charge in [0.1, 0.15) is 17.3 Å². The molecule has 1 N–H and O–H groups in total. The van der Waals surface area contributed by atoms with Crippen LogP contribution in [-0.2, 0) is 17.6 Å². The number of carbonyl (C=O) groups is 1. The number of benzene rings is 1. The standard InChI is InChI=1S/C18H18FN3O3/c1-11-9-13(22-25-11)7-8-20-17(23)10-16-12(2)24-18(21-16)14-5-3-4-6-15(14)19/h3-6,9H,7-8,10H2,1-2H3,(H,20,23). The molecule has 2 heterocycles. The maximum Gasteiger partial charge on any atom is 0.229 e. The minimum atomic E-state index is -0.414. The summed E-state index contributed by atoms with van der Waals surface area (Å²) in [6.45, 7) is 3.97. The van der Waals surface area contributed by atoms with E-state index in [1.165, 1.54) is 6.07 Å². The van der Waals surface area contributed by atoms with Gasteiger partial charge in [-0.15, -0.1) is 0 Å². The molecule has 0 saturated heterocycles. The molecule has 3 rings (SSSR count). The van der Waals surface area contributed by atoms with E-state index in [9.17, 15) is 9.18 Å². The van der Waals surface area contributed by atoms with E-state index in [0.717, 1.165) is 11.5 Å². The number of carbonyl (C=O) groups excluding carboxylic acids is 1. The number of halogens is 1. The van der Waals surface area contributed by atoms with Crippen LogP contribution in [0.2, 0.25) is 0 Å². The van der Waals surface area contributed by atoms with Crippen molar-refractivity contribution in [1.82, 2.24) is 15.5 Å². The highest BCUT2D eigenvalue weighted by molar-refractivity contribution is 5.78. The van der Waals surface area contributed by atoms with Gasteiger partial charge in [-0.3, -0.25) is 4.79 Å². The lowest BCUT2D eigenvalue weighted by molar-refractivity contribution is -0.120. The number of oxazole rings is 1. The van der Waals surface area contributed by atoms with Crippen molar-refractivity contribution in [3.8, 4) is 11.5 Å². The number of nitrogens with zero attached hydrogens (tertiary/aromatic N) is 2. The van der Waals surface area contributed by atoms with Crippen LogP contribution in [0.1, 0.15) is 22.9 Å². The fraction of sp³-hybridized carbons (Fsp3) is 0.278. The zero-order chi connectivity index (χ0) is 17.8. The molecule has 6 nitrogen and oxygen atoms in total. The first-order chi connectivity index (χ1) is 12.0. The molecule has 25 heavy (non-hydrogen) atoms. The Kier molecular flexibility index (Phi) is 4.92. The number of hydrogen-bond donors (Lipinski definition) is 1. The van der Waals surface area contributed by atoms with Crippen LogP contribution in [0.5, 0.6) is 0 Å². The van der Waals surface area contributed by atoms with Crippen LogP contribution in [0.15, 0.2) is 39.3 Å². The van der Waals surface area contributed by atoms with Crippen molar-refractivity contribution in [2.45, 2.75) is 26.7 Å². The van der Waals surface area contributed by atoms with E-state index in [1.54, 1.807) is 25.1 Å². The summed E-state index contributed by atoms with van der Waals surface area (Å²) in [6.07, 6.45) is 0.656. The third kappa shape index (κ3) is 4.12. The van der Waals surface area contributed by atoms with E-state index in [1.807, 2.05) is 13.0 Å². The number of nitrogens with one attached hydrogen (secondary N) is 1. The molecule has 0 aliphatic heterocycles. The molecule has 2 aromatic heterocycles. The van der Waals surface area contributed by atoms with Gasteiger partial charge in [0, 0.05) is 19.0 Å². The first kappa shape index (κ1) is 16.9. The fourth-order valence-corrected chi connectivity index (χ4v) is 2.42. The summed E-state index contributed by atoms with van der Waals surface area (Å²) in [6, 6.07) is 8.06. The third-order valence-electron chi connectivity index (χ3n) is 3.71. The Morgan fingerprint density at radius 2 is 2.08 bits per heavy atom. The topological polar surface area (TPSA) is 81.2 Å². The molecule has 0 radical (unpaired) electrons. The highest BCUT2D eigenvalue weighted by atomic mass is 19.1. The first-order valence-electron chi connectivity index (χ1n) is 7.93. The fourth-order valence-electron chi connectivity index (χ4n) is 2.42. The monoisotopic (exact) mass is 343 g/mol. The molecule has 0 spiro atoms. The van der Waals surface area contributed by atoms with Crippen LogP contribution in [0, 0.1) is 19.7 Å². The Hall–Kier alpha value is -2.96. The highest BCUT2D eigenvalue weighted by Crippen LogP contribution is 2.24. The average Bonchev–Trinajstić information content (AvgIpc) is 3.14. The molecule has 3 aromatic rings. The zero-order valence-electron chi connectivity index (χ0n) is 14.0. The second kappa shape index (κ2) is 7.29. The summed E-state index contributed by atoms with van der Waals surface area (Å²) < 4.78 is 24.3. The molecule has 0 unspecified atom stereocenters. The van der Waals surface area contributed by atoms with Gasteiger partial charge in [-0.2, -0.15) is 0 Å². The summed E-state index contributed by atoms with van der Waals surface area (Å²) >= 11 is 0. The van der Waals surface area contributed by atoms with Crippen LogP contribution >= 0.6 is 0 Å². The summed E-state index contributed by atoms with van der Waals surface area (Å²) in [5.74, 6) is 0.816. The van der Waals surface area contributed by atoms with Crippen molar-refractivity contribution < 1.29 is 18.1 Å². The zero-order valence-corrected chi connectivity index (χ0v) is 14.0. The lowest BCUT2D eigenvalue weighted by Crippen LogP contribution is -2.27. The summed E-state index contributed by atoms with van der Waals surface area (Å²) in [7, 11) is 0. The molecule has 0 aliphatic rings. The quantitative estimate of drug-likeness (QED) is 0.744. The van der Waals surface area contributed by atoms with E-state index < -0.39 is 5.82 Å². The van der Waals surface area contributed by atoms with Gasteiger partial charge >= 0.3 is 0 Å². The highest BCUT2D eigenvalue weighted by Gasteiger charge is 2.16. The van der Waals surface area contributed by atoms with Crippen LogP contribution in [0.25, 0.3) is 11.5 Å². The SMILES string of the molecule is Cc1cc(CCNC(=O)Cc2nc(-c3ccccc3F)oc2C)no1. The van der Waals surface area contributed by atoms with E-state index >= 15 is 0 Å². The van der Waals surface area contributed by atoms with Gasteiger partial charge in [0.2, 0.25) is 11.8 Å². The molecule has 0 fully saturated rings. The van der Waals surface area contributed by atoms with Gasteiger partial charge in [0.15, 0.2) is 0 Å². The largest absolute Gasteiger partial charge is 0.441 e. The van der Waals surface area contributed by atoms with Crippen LogP contribution in [-0.4, -0.2) is 22.6 Å². The number of aromatic nitrogens is 2. The normalized spacial score (nSPS) is 10.8. The van der Waals surface area contributed by atoms with E-state index in [2.05, 4.69) is 15.5 Å². The van der Waals surface area contributed by atoms with Crippen molar-refractivity contribution in [1.29, 1.82) is 0 Å². The lowest BCUT2D eigenvalue weighted by Gasteiger charge is -2.02. The minimum Gasteiger partial charge on any atom is -0.441 e. The van der Waals surface area contributed by atoms with Crippen molar-refractivity contribution >= 4 is 5.91 Å². The molecule has 1 amide bonds. The summed E-state index contributed by atoms with van der Waals surface area (Å²) in [4.78, 5) is 16.3. The van der Waals surface area contributed by atoms with Crippen LogP contribution in [0.3, 0.4) is 0 Å². The Bertz CT molecular complexity index is 885. The van der Waals surface area contributed by atoms with Gasteiger partial charge < -0.3 is 14.3 Å². The van der Waals surface area contributed by atoms with Crippen LogP contribution in [0.4, 0.5) is 4.39 Å². The Morgan fingerprint density at radius 3 is 2.80 bits per heavy atom. The van der Waals surface area contributed by atoms with Gasteiger partial charge in [0.05, 0.1) is 23.4 Å².